The number of aliphatic imine (C=N–C) groups is 1. The maximum absolute atomic E-state index is 4.58. The van der Waals surface area contributed by atoms with Gasteiger partial charge in [-0.15, -0.1) is 0 Å². The first-order chi connectivity index (χ1) is 9.85. The number of para-hydroxylation sites is 2. The summed E-state index contributed by atoms with van der Waals surface area (Å²) in [6.07, 6.45) is 0. The van der Waals surface area contributed by atoms with Crippen LogP contribution in [0.4, 0.5) is 5.69 Å². The number of hydrogen-bond donors (Lipinski definition) is 2. The van der Waals surface area contributed by atoms with E-state index < -0.39 is 0 Å². The first kappa shape index (κ1) is 10.9. The van der Waals surface area contributed by atoms with Crippen molar-refractivity contribution < 1.29 is 0 Å². The largest absolute Gasteiger partial charge is 0.337 e. The van der Waals surface area contributed by atoms with Crippen molar-refractivity contribution in [2.75, 3.05) is 0 Å². The van der Waals surface area contributed by atoms with Gasteiger partial charge in [0, 0.05) is 5.39 Å². The zero-order chi connectivity index (χ0) is 13.5. The second-order valence-corrected chi connectivity index (χ2v) is 4.56. The predicted octanol–water partition coefficient (Wildman–Crippen LogP) is 3.44. The van der Waals surface area contributed by atoms with Gasteiger partial charge < -0.3 is 4.98 Å². The third-order valence-corrected chi connectivity index (χ3v) is 3.34. The lowest BCUT2D eigenvalue weighted by atomic mass is 10.2. The van der Waals surface area contributed by atoms with E-state index >= 15 is 0 Å². The Kier molecular flexibility index (Phi) is 2.20. The summed E-state index contributed by atoms with van der Waals surface area (Å²) in [7, 11) is 0. The van der Waals surface area contributed by atoms with Crippen molar-refractivity contribution in [2.24, 2.45) is 4.99 Å². The second kappa shape index (κ2) is 4.03. The van der Waals surface area contributed by atoms with Gasteiger partial charge in [-0.05, 0) is 37.0 Å². The third kappa shape index (κ3) is 1.53. The van der Waals surface area contributed by atoms with Gasteiger partial charge in [-0.1, -0.05) is 12.1 Å². The quantitative estimate of drug-likeness (QED) is 0.543. The number of imidazole rings is 1. The normalized spacial score (nSPS) is 11.2. The van der Waals surface area contributed by atoms with Crippen molar-refractivity contribution in [3.63, 3.8) is 0 Å². The Balaban J connectivity index is 1.98. The molecule has 2 N–H and O–H groups in total. The van der Waals surface area contributed by atoms with Crippen LogP contribution in [0.25, 0.3) is 33.5 Å². The minimum absolute atomic E-state index is 0.749. The van der Waals surface area contributed by atoms with Crippen LogP contribution in [0.5, 0.6) is 0 Å². The zero-order valence-electron chi connectivity index (χ0n) is 10.6. The highest BCUT2D eigenvalue weighted by Crippen LogP contribution is 2.28. The summed E-state index contributed by atoms with van der Waals surface area (Å²) < 4.78 is 0. The van der Waals surface area contributed by atoms with Gasteiger partial charge in [0.05, 0.1) is 22.2 Å². The molecule has 0 aliphatic heterocycles. The van der Waals surface area contributed by atoms with E-state index in [2.05, 4.69) is 31.9 Å². The Morgan fingerprint density at radius 3 is 2.80 bits per heavy atom. The Bertz CT molecular complexity index is 899. The molecule has 0 amide bonds. The first-order valence-corrected chi connectivity index (χ1v) is 6.25. The minimum atomic E-state index is 0.749. The number of aromatic amines is 2. The van der Waals surface area contributed by atoms with Gasteiger partial charge in [0.25, 0.3) is 0 Å². The Morgan fingerprint density at radius 2 is 1.95 bits per heavy atom. The molecule has 0 fully saturated rings. The summed E-state index contributed by atoms with van der Waals surface area (Å²) in [4.78, 5) is 11.8. The molecule has 20 heavy (non-hydrogen) atoms. The number of benzene rings is 2. The van der Waals surface area contributed by atoms with Crippen molar-refractivity contribution in [1.82, 2.24) is 20.2 Å². The van der Waals surface area contributed by atoms with E-state index in [1.165, 1.54) is 0 Å². The summed E-state index contributed by atoms with van der Waals surface area (Å²) >= 11 is 0. The molecular formula is C15H11N5. The third-order valence-electron chi connectivity index (χ3n) is 3.34. The van der Waals surface area contributed by atoms with Gasteiger partial charge in [-0.3, -0.25) is 10.1 Å². The maximum Gasteiger partial charge on any atom is 0.159 e. The van der Waals surface area contributed by atoms with Crippen LogP contribution in [0.3, 0.4) is 0 Å². The molecule has 96 valence electrons. The van der Waals surface area contributed by atoms with E-state index in [1.807, 2.05) is 42.5 Å². The fourth-order valence-corrected chi connectivity index (χ4v) is 2.35. The number of rotatable bonds is 2. The second-order valence-electron chi connectivity index (χ2n) is 4.56. The van der Waals surface area contributed by atoms with Gasteiger partial charge in [-0.25, -0.2) is 4.98 Å². The monoisotopic (exact) mass is 261 g/mol. The smallest absolute Gasteiger partial charge is 0.159 e. The van der Waals surface area contributed by atoms with Crippen molar-refractivity contribution in [1.29, 1.82) is 0 Å². The van der Waals surface area contributed by atoms with Crippen LogP contribution in [0.2, 0.25) is 0 Å². The molecule has 4 rings (SSSR count). The van der Waals surface area contributed by atoms with E-state index in [0.29, 0.717) is 0 Å². The molecule has 0 radical (unpaired) electrons. The van der Waals surface area contributed by atoms with Crippen LogP contribution in [0.1, 0.15) is 0 Å². The molecule has 0 atom stereocenters. The highest BCUT2D eigenvalue weighted by Gasteiger charge is 2.12. The van der Waals surface area contributed by atoms with E-state index in [9.17, 15) is 0 Å². The zero-order valence-corrected chi connectivity index (χ0v) is 10.6. The van der Waals surface area contributed by atoms with Crippen LogP contribution in [0.15, 0.2) is 47.5 Å². The summed E-state index contributed by atoms with van der Waals surface area (Å²) in [5.41, 5.74) is 4.49. The molecule has 5 heteroatoms. The number of nitrogens with one attached hydrogen (secondary N) is 2. The van der Waals surface area contributed by atoms with Crippen LogP contribution < -0.4 is 0 Å². The molecule has 2 aromatic carbocycles. The van der Waals surface area contributed by atoms with Crippen LogP contribution in [-0.2, 0) is 0 Å². The molecule has 0 aliphatic rings. The van der Waals surface area contributed by atoms with E-state index in [4.69, 9.17) is 0 Å². The van der Waals surface area contributed by atoms with Gasteiger partial charge in [0.15, 0.2) is 5.82 Å². The van der Waals surface area contributed by atoms with Gasteiger partial charge in [-0.2, -0.15) is 5.10 Å². The molecule has 0 saturated heterocycles. The van der Waals surface area contributed by atoms with E-state index in [1.54, 1.807) is 0 Å². The molecule has 4 aromatic rings. The highest BCUT2D eigenvalue weighted by molar-refractivity contribution is 5.94. The first-order valence-electron chi connectivity index (χ1n) is 6.25. The lowest BCUT2D eigenvalue weighted by Gasteiger charge is -1.94. The van der Waals surface area contributed by atoms with Crippen molar-refractivity contribution in [3.05, 3.63) is 42.5 Å². The molecule has 2 aromatic heterocycles. The Morgan fingerprint density at radius 1 is 1.05 bits per heavy atom. The number of H-pyrrole nitrogens is 2. The molecule has 0 aliphatic carbocycles. The average Bonchev–Trinajstić information content (AvgIpc) is 3.09. The number of fused-ring (bicyclic) bond motifs is 2. The van der Waals surface area contributed by atoms with Gasteiger partial charge >= 0.3 is 0 Å². The van der Waals surface area contributed by atoms with E-state index in [0.717, 1.165) is 39.1 Å². The van der Waals surface area contributed by atoms with Crippen LogP contribution in [0, 0.1) is 0 Å². The fourth-order valence-electron chi connectivity index (χ4n) is 2.35. The number of hydrogen-bond acceptors (Lipinski definition) is 3. The molecule has 0 saturated carbocycles. The Hall–Kier alpha value is -2.95. The minimum Gasteiger partial charge on any atom is -0.337 e. The SMILES string of the molecule is C=Nc1ccc2[nH]nc(-c3nc4ccccc4[nH]3)c2c1. The maximum atomic E-state index is 4.58. The van der Waals surface area contributed by atoms with Crippen LogP contribution >= 0.6 is 0 Å². The summed E-state index contributed by atoms with van der Waals surface area (Å²) in [6.45, 7) is 3.56. The van der Waals surface area contributed by atoms with Gasteiger partial charge in [0.1, 0.15) is 5.69 Å². The summed E-state index contributed by atoms with van der Waals surface area (Å²) in [5, 5.41) is 8.35. The standard InChI is InChI=1S/C15H11N5/c1-16-9-6-7-11-10(8-9)14(20-19-11)15-17-12-4-2-3-5-13(12)18-15/h2-8H,1H2,(H,17,18)(H,19,20). The summed E-state index contributed by atoms with van der Waals surface area (Å²) in [5.74, 6) is 0.749. The molecule has 2 heterocycles. The Labute approximate surface area is 114 Å². The highest BCUT2D eigenvalue weighted by atomic mass is 15.1. The molecule has 0 unspecified atom stereocenters. The lowest BCUT2D eigenvalue weighted by molar-refractivity contribution is 1.11. The molecule has 5 nitrogen and oxygen atoms in total. The predicted molar refractivity (Wildman–Crippen MR) is 80.4 cm³/mol. The van der Waals surface area contributed by atoms with E-state index in [-0.39, 0.29) is 0 Å². The average molecular weight is 261 g/mol. The van der Waals surface area contributed by atoms with Crippen molar-refractivity contribution in [3.8, 4) is 11.5 Å². The number of aromatic nitrogens is 4. The topological polar surface area (TPSA) is 69.7 Å². The van der Waals surface area contributed by atoms with Gasteiger partial charge in [0.2, 0.25) is 0 Å². The molecular weight excluding hydrogens is 250 g/mol. The van der Waals surface area contributed by atoms with Crippen molar-refractivity contribution in [2.45, 2.75) is 0 Å². The molecule has 0 bridgehead atoms. The number of nitrogens with zero attached hydrogens (tertiary/aromatic N) is 3. The van der Waals surface area contributed by atoms with Crippen LogP contribution in [-0.4, -0.2) is 26.9 Å². The molecule has 0 spiro atoms. The van der Waals surface area contributed by atoms with Crippen molar-refractivity contribution >= 4 is 34.3 Å². The fraction of sp³-hybridized carbons (Fsp3) is 0. The summed E-state index contributed by atoms with van der Waals surface area (Å²) in [6, 6.07) is 13.7. The lowest BCUT2D eigenvalue weighted by Crippen LogP contribution is -1.81.